The van der Waals surface area contributed by atoms with Crippen LogP contribution in [0.4, 0.5) is 11.4 Å². The number of sulfonamides is 1. The number of amides is 1. The third-order valence-corrected chi connectivity index (χ3v) is 5.97. The van der Waals surface area contributed by atoms with Crippen LogP contribution in [0.1, 0.15) is 29.2 Å². The summed E-state index contributed by atoms with van der Waals surface area (Å²) in [6.45, 7) is 8.75. The molecule has 0 saturated heterocycles. The molecule has 0 fully saturated rings. The van der Waals surface area contributed by atoms with Crippen molar-refractivity contribution in [3.8, 4) is 5.75 Å². The molecule has 26 heavy (non-hydrogen) atoms. The zero-order chi connectivity index (χ0) is 19.6. The second-order valence-electron chi connectivity index (χ2n) is 6.29. The zero-order valence-electron chi connectivity index (χ0n) is 15.9. The predicted molar refractivity (Wildman–Crippen MR) is 103 cm³/mol. The van der Waals surface area contributed by atoms with Crippen molar-refractivity contribution in [1.29, 1.82) is 0 Å². The Morgan fingerprint density at radius 1 is 1.00 bits per heavy atom. The van der Waals surface area contributed by atoms with Gasteiger partial charge in [-0.2, -0.15) is 0 Å². The summed E-state index contributed by atoms with van der Waals surface area (Å²) >= 11 is 0. The highest BCUT2D eigenvalue weighted by Crippen LogP contribution is 2.32. The van der Waals surface area contributed by atoms with E-state index in [9.17, 15) is 13.2 Å². The fourth-order valence-electron chi connectivity index (χ4n) is 2.85. The molecule has 0 aliphatic rings. The van der Waals surface area contributed by atoms with E-state index < -0.39 is 10.0 Å². The van der Waals surface area contributed by atoms with Gasteiger partial charge >= 0.3 is 0 Å². The first-order valence-corrected chi connectivity index (χ1v) is 9.61. The summed E-state index contributed by atoms with van der Waals surface area (Å²) in [5, 5.41) is 2.63. The van der Waals surface area contributed by atoms with Crippen molar-refractivity contribution < 1.29 is 17.9 Å². The summed E-state index contributed by atoms with van der Waals surface area (Å²) < 4.78 is 34.0. The molecular weight excluding hydrogens is 352 g/mol. The van der Waals surface area contributed by atoms with Gasteiger partial charge in [0.2, 0.25) is 5.91 Å². The quantitative estimate of drug-likeness (QED) is 0.833. The number of hydrogen-bond donors (Lipinski definition) is 2. The van der Waals surface area contributed by atoms with E-state index in [1.165, 1.54) is 20.1 Å². The maximum absolute atomic E-state index is 13.1. The molecule has 140 valence electrons. The van der Waals surface area contributed by atoms with Crippen LogP contribution in [-0.4, -0.2) is 21.4 Å². The van der Waals surface area contributed by atoms with Gasteiger partial charge in [0.15, 0.2) is 0 Å². The van der Waals surface area contributed by atoms with Crippen molar-refractivity contribution in [3.05, 3.63) is 46.5 Å². The van der Waals surface area contributed by atoms with Crippen molar-refractivity contribution in [3.63, 3.8) is 0 Å². The molecule has 0 heterocycles. The van der Waals surface area contributed by atoms with Gasteiger partial charge in [-0.25, -0.2) is 8.42 Å². The van der Waals surface area contributed by atoms with Gasteiger partial charge < -0.3 is 10.1 Å². The molecule has 2 N–H and O–H groups in total. The molecule has 0 aromatic heterocycles. The lowest BCUT2D eigenvalue weighted by Gasteiger charge is -2.18. The van der Waals surface area contributed by atoms with Crippen LogP contribution < -0.4 is 14.8 Å². The molecular formula is C19H24N2O4S. The normalized spacial score (nSPS) is 11.2. The average Bonchev–Trinajstić information content (AvgIpc) is 2.52. The van der Waals surface area contributed by atoms with E-state index in [-0.39, 0.29) is 16.5 Å². The number of carbonyl (C=O) groups is 1. The SMILES string of the molecule is COc1ccc(NC(C)=O)cc1NS(=O)(=O)c1c(C)c(C)cc(C)c1C. The minimum absolute atomic E-state index is 0.245. The Kier molecular flexibility index (Phi) is 5.61. The Hall–Kier alpha value is -2.54. The van der Waals surface area contributed by atoms with Gasteiger partial charge in [0.1, 0.15) is 5.75 Å². The fourth-order valence-corrected chi connectivity index (χ4v) is 4.53. The van der Waals surface area contributed by atoms with Gasteiger partial charge in [-0.3, -0.25) is 9.52 Å². The molecule has 1 amide bonds. The molecule has 2 rings (SSSR count). The highest BCUT2D eigenvalue weighted by atomic mass is 32.2. The van der Waals surface area contributed by atoms with E-state index >= 15 is 0 Å². The molecule has 0 aliphatic heterocycles. The van der Waals surface area contributed by atoms with Crippen LogP contribution in [0.25, 0.3) is 0 Å². The Morgan fingerprint density at radius 2 is 1.58 bits per heavy atom. The lowest BCUT2D eigenvalue weighted by atomic mass is 10.0. The summed E-state index contributed by atoms with van der Waals surface area (Å²) in [6, 6.07) is 6.75. The second kappa shape index (κ2) is 7.37. The van der Waals surface area contributed by atoms with E-state index in [0.717, 1.165) is 11.1 Å². The van der Waals surface area contributed by atoms with Gasteiger partial charge in [-0.05, 0) is 68.1 Å². The second-order valence-corrected chi connectivity index (χ2v) is 7.91. The monoisotopic (exact) mass is 376 g/mol. The average molecular weight is 376 g/mol. The molecule has 6 nitrogen and oxygen atoms in total. The van der Waals surface area contributed by atoms with Crippen LogP contribution in [0.15, 0.2) is 29.2 Å². The number of nitrogens with one attached hydrogen (secondary N) is 2. The minimum Gasteiger partial charge on any atom is -0.495 e. The molecule has 2 aromatic rings. The first-order valence-electron chi connectivity index (χ1n) is 8.12. The largest absolute Gasteiger partial charge is 0.495 e. The van der Waals surface area contributed by atoms with Crippen LogP contribution in [0.3, 0.4) is 0 Å². The first-order chi connectivity index (χ1) is 12.1. The smallest absolute Gasteiger partial charge is 0.262 e. The van der Waals surface area contributed by atoms with E-state index in [0.29, 0.717) is 22.6 Å². The molecule has 0 bridgehead atoms. The number of methoxy groups -OCH3 is 1. The van der Waals surface area contributed by atoms with Crippen molar-refractivity contribution in [1.82, 2.24) is 0 Å². The standard InChI is InChI=1S/C19H24N2O4S/c1-11-9-12(2)14(4)19(13(11)3)26(23,24)21-17-10-16(20-15(5)22)7-8-18(17)25-6/h7-10,21H,1-6H3,(H,20,22). The summed E-state index contributed by atoms with van der Waals surface area (Å²) in [5.74, 6) is 0.118. The van der Waals surface area contributed by atoms with E-state index in [1.807, 2.05) is 19.9 Å². The van der Waals surface area contributed by atoms with Crippen LogP contribution in [0, 0.1) is 27.7 Å². The molecule has 0 aliphatic carbocycles. The number of aryl methyl sites for hydroxylation is 2. The molecule has 0 spiro atoms. The first kappa shape index (κ1) is 19.8. The van der Waals surface area contributed by atoms with Gasteiger partial charge in [0.25, 0.3) is 10.0 Å². The maximum Gasteiger partial charge on any atom is 0.262 e. The number of ether oxygens (including phenoxy) is 1. The molecule has 0 saturated carbocycles. The number of anilines is 2. The van der Waals surface area contributed by atoms with Gasteiger partial charge in [-0.15, -0.1) is 0 Å². The summed E-state index contributed by atoms with van der Waals surface area (Å²) in [7, 11) is -2.38. The van der Waals surface area contributed by atoms with Crippen molar-refractivity contribution in [2.45, 2.75) is 39.5 Å². The molecule has 7 heteroatoms. The third kappa shape index (κ3) is 3.99. The Morgan fingerprint density at radius 3 is 2.08 bits per heavy atom. The van der Waals surface area contributed by atoms with Crippen molar-refractivity contribution >= 4 is 27.3 Å². The molecule has 0 unspecified atom stereocenters. The highest BCUT2D eigenvalue weighted by molar-refractivity contribution is 7.92. The fraction of sp³-hybridized carbons (Fsp3) is 0.316. The number of hydrogen-bond acceptors (Lipinski definition) is 4. The zero-order valence-corrected chi connectivity index (χ0v) is 16.7. The molecule has 0 atom stereocenters. The number of carbonyl (C=O) groups excluding carboxylic acids is 1. The topological polar surface area (TPSA) is 84.5 Å². The van der Waals surface area contributed by atoms with Gasteiger partial charge in [-0.1, -0.05) is 6.07 Å². The van der Waals surface area contributed by atoms with E-state index in [4.69, 9.17) is 4.74 Å². The van der Waals surface area contributed by atoms with Crippen molar-refractivity contribution in [2.75, 3.05) is 17.1 Å². The number of benzene rings is 2. The molecule has 2 aromatic carbocycles. The lowest BCUT2D eigenvalue weighted by molar-refractivity contribution is -0.114. The summed E-state index contributed by atoms with van der Waals surface area (Å²) in [4.78, 5) is 11.5. The highest BCUT2D eigenvalue weighted by Gasteiger charge is 2.23. The van der Waals surface area contributed by atoms with Crippen LogP contribution in [-0.2, 0) is 14.8 Å². The van der Waals surface area contributed by atoms with Crippen molar-refractivity contribution in [2.24, 2.45) is 0 Å². The van der Waals surface area contributed by atoms with E-state index in [2.05, 4.69) is 10.0 Å². The van der Waals surface area contributed by atoms with Gasteiger partial charge in [0, 0.05) is 12.6 Å². The predicted octanol–water partition coefficient (Wildman–Crippen LogP) is 3.69. The number of rotatable bonds is 5. The lowest BCUT2D eigenvalue weighted by Crippen LogP contribution is -2.18. The van der Waals surface area contributed by atoms with Crippen LogP contribution in [0.2, 0.25) is 0 Å². The van der Waals surface area contributed by atoms with Gasteiger partial charge in [0.05, 0.1) is 17.7 Å². The Bertz CT molecular complexity index is 940. The van der Waals surface area contributed by atoms with Crippen LogP contribution >= 0.6 is 0 Å². The Labute approximate surface area is 154 Å². The summed E-state index contributed by atoms with van der Waals surface area (Å²) in [5.41, 5.74) is 3.97. The third-order valence-electron chi connectivity index (χ3n) is 4.33. The summed E-state index contributed by atoms with van der Waals surface area (Å²) in [6.07, 6.45) is 0. The Balaban J connectivity index is 2.56. The van der Waals surface area contributed by atoms with E-state index in [1.54, 1.807) is 26.0 Å². The molecule has 0 radical (unpaired) electrons. The van der Waals surface area contributed by atoms with Crippen LogP contribution in [0.5, 0.6) is 5.75 Å². The maximum atomic E-state index is 13.1. The minimum atomic E-state index is -3.84.